The van der Waals surface area contributed by atoms with Gasteiger partial charge in [-0.25, -0.2) is 4.98 Å². The number of rotatable bonds is 3. The van der Waals surface area contributed by atoms with Crippen LogP contribution in [0.3, 0.4) is 0 Å². The zero-order valence-corrected chi connectivity index (χ0v) is 12.9. The van der Waals surface area contributed by atoms with Crippen molar-refractivity contribution in [3.63, 3.8) is 0 Å². The van der Waals surface area contributed by atoms with E-state index in [4.69, 9.17) is 34.8 Å². The van der Waals surface area contributed by atoms with Gasteiger partial charge in [-0.3, -0.25) is 4.79 Å². The Morgan fingerprint density at radius 1 is 1.26 bits per heavy atom. The Morgan fingerprint density at radius 3 is 2.42 bits per heavy atom. The van der Waals surface area contributed by atoms with Crippen molar-refractivity contribution in [2.45, 2.75) is 6.54 Å². The Balaban J connectivity index is 2.14. The van der Waals surface area contributed by atoms with E-state index in [0.717, 1.165) is 4.88 Å². The highest BCUT2D eigenvalue weighted by Gasteiger charge is 2.14. The Bertz CT molecular complexity index is 595. The zero-order chi connectivity index (χ0) is 14.0. The summed E-state index contributed by atoms with van der Waals surface area (Å²) in [6.45, 7) is 0.480. The molecule has 0 bridgehead atoms. The fraction of sp³-hybridized carbons (Fsp3) is 0.167. The van der Waals surface area contributed by atoms with Crippen LogP contribution in [0.5, 0.6) is 0 Å². The molecule has 0 aliphatic rings. The molecule has 100 valence electrons. The third-order valence-corrected chi connectivity index (χ3v) is 3.98. The molecule has 0 unspecified atom stereocenters. The van der Waals surface area contributed by atoms with Crippen LogP contribution in [0.2, 0.25) is 14.6 Å². The van der Waals surface area contributed by atoms with Crippen molar-refractivity contribution in [3.8, 4) is 0 Å². The van der Waals surface area contributed by atoms with Crippen molar-refractivity contribution in [2.75, 3.05) is 7.05 Å². The second-order valence-electron chi connectivity index (χ2n) is 3.87. The Hall–Kier alpha value is -0.810. The molecule has 3 nitrogen and oxygen atoms in total. The quantitative estimate of drug-likeness (QED) is 0.780. The van der Waals surface area contributed by atoms with Crippen molar-refractivity contribution < 1.29 is 4.79 Å². The SMILES string of the molecule is CN(Cc1ccc(Cl)s1)C(=O)c1cc(Cl)nc(Cl)c1. The van der Waals surface area contributed by atoms with Gasteiger partial charge in [0.25, 0.3) is 5.91 Å². The highest BCUT2D eigenvalue weighted by molar-refractivity contribution is 7.16. The molecule has 0 spiro atoms. The Morgan fingerprint density at radius 2 is 1.89 bits per heavy atom. The third-order valence-electron chi connectivity index (χ3n) is 2.38. The van der Waals surface area contributed by atoms with Crippen LogP contribution in [0.15, 0.2) is 24.3 Å². The molecule has 0 aliphatic heterocycles. The third kappa shape index (κ3) is 3.83. The first kappa shape index (κ1) is 14.6. The van der Waals surface area contributed by atoms with Crippen molar-refractivity contribution in [1.29, 1.82) is 0 Å². The van der Waals surface area contributed by atoms with E-state index in [0.29, 0.717) is 16.4 Å². The summed E-state index contributed by atoms with van der Waals surface area (Å²) in [5, 5.41) is 0.395. The van der Waals surface area contributed by atoms with E-state index in [1.165, 1.54) is 23.5 Å². The van der Waals surface area contributed by atoms with E-state index in [2.05, 4.69) is 4.98 Å². The van der Waals surface area contributed by atoms with Gasteiger partial charge in [0.15, 0.2) is 0 Å². The van der Waals surface area contributed by atoms with Crippen LogP contribution in [0.1, 0.15) is 15.2 Å². The van der Waals surface area contributed by atoms with Gasteiger partial charge >= 0.3 is 0 Å². The number of nitrogens with zero attached hydrogens (tertiary/aromatic N) is 2. The van der Waals surface area contributed by atoms with Gasteiger partial charge in [-0.05, 0) is 24.3 Å². The molecular weight excluding hydrogens is 327 g/mol. The monoisotopic (exact) mass is 334 g/mol. The van der Waals surface area contributed by atoms with Gasteiger partial charge < -0.3 is 4.90 Å². The van der Waals surface area contributed by atoms with Gasteiger partial charge in [0.05, 0.1) is 10.9 Å². The summed E-state index contributed by atoms with van der Waals surface area (Å²) in [7, 11) is 1.71. The fourth-order valence-corrected chi connectivity index (χ4v) is 3.15. The van der Waals surface area contributed by atoms with Crippen molar-refractivity contribution in [1.82, 2.24) is 9.88 Å². The van der Waals surface area contributed by atoms with E-state index in [1.807, 2.05) is 6.07 Å². The van der Waals surface area contributed by atoms with Crippen molar-refractivity contribution in [2.24, 2.45) is 0 Å². The van der Waals surface area contributed by atoms with E-state index in [9.17, 15) is 4.79 Å². The number of hydrogen-bond acceptors (Lipinski definition) is 3. The van der Waals surface area contributed by atoms with Crippen LogP contribution < -0.4 is 0 Å². The van der Waals surface area contributed by atoms with Gasteiger partial charge in [0, 0.05) is 17.5 Å². The highest BCUT2D eigenvalue weighted by atomic mass is 35.5. The van der Waals surface area contributed by atoms with Gasteiger partial charge in [-0.1, -0.05) is 34.8 Å². The predicted octanol–water partition coefficient (Wildman–Crippen LogP) is 4.38. The van der Waals surface area contributed by atoms with Gasteiger partial charge in [0.2, 0.25) is 0 Å². The first-order chi connectivity index (χ1) is 8.95. The molecule has 0 radical (unpaired) electrons. The number of halogens is 3. The minimum atomic E-state index is -0.171. The van der Waals surface area contributed by atoms with Crippen LogP contribution in [0.25, 0.3) is 0 Å². The lowest BCUT2D eigenvalue weighted by Gasteiger charge is -2.16. The molecule has 0 atom stereocenters. The zero-order valence-electron chi connectivity index (χ0n) is 9.86. The molecule has 19 heavy (non-hydrogen) atoms. The maximum Gasteiger partial charge on any atom is 0.254 e. The summed E-state index contributed by atoms with van der Waals surface area (Å²) in [5.41, 5.74) is 0.412. The maximum atomic E-state index is 12.2. The number of aromatic nitrogens is 1. The minimum absolute atomic E-state index is 0.171. The molecule has 0 aromatic carbocycles. The molecular formula is C12H9Cl3N2OS. The van der Waals surface area contributed by atoms with Crippen molar-refractivity contribution in [3.05, 3.63) is 49.3 Å². The first-order valence-corrected chi connectivity index (χ1v) is 7.23. The number of amides is 1. The van der Waals surface area contributed by atoms with Gasteiger partial charge in [-0.15, -0.1) is 11.3 Å². The molecule has 0 saturated heterocycles. The van der Waals surface area contributed by atoms with E-state index in [-0.39, 0.29) is 16.2 Å². The lowest BCUT2D eigenvalue weighted by Crippen LogP contribution is -2.25. The number of carbonyl (C=O) groups is 1. The number of carbonyl (C=O) groups excluding carboxylic acids is 1. The summed E-state index contributed by atoms with van der Waals surface area (Å²) in [6, 6.07) is 6.69. The summed E-state index contributed by atoms with van der Waals surface area (Å²) in [5.74, 6) is -0.171. The van der Waals surface area contributed by atoms with Crippen LogP contribution in [-0.4, -0.2) is 22.8 Å². The minimum Gasteiger partial charge on any atom is -0.337 e. The second kappa shape index (κ2) is 6.09. The Labute approximate surface area is 129 Å². The normalized spacial score (nSPS) is 10.5. The predicted molar refractivity (Wildman–Crippen MR) is 79.4 cm³/mol. The fourth-order valence-electron chi connectivity index (χ4n) is 1.55. The van der Waals surface area contributed by atoms with E-state index >= 15 is 0 Å². The standard InChI is InChI=1S/C12H9Cl3N2OS/c1-17(6-8-2-3-11(15)19-8)12(18)7-4-9(13)16-10(14)5-7/h2-5H,6H2,1H3. The molecule has 0 saturated carbocycles. The van der Waals surface area contributed by atoms with Crippen LogP contribution in [-0.2, 0) is 6.54 Å². The molecule has 2 rings (SSSR count). The van der Waals surface area contributed by atoms with E-state index in [1.54, 1.807) is 18.0 Å². The van der Waals surface area contributed by atoms with Crippen LogP contribution >= 0.6 is 46.1 Å². The molecule has 0 fully saturated rings. The molecule has 2 aromatic heterocycles. The number of thiophene rings is 1. The van der Waals surface area contributed by atoms with Crippen molar-refractivity contribution >= 4 is 52.0 Å². The molecule has 0 aliphatic carbocycles. The molecule has 2 heterocycles. The molecule has 2 aromatic rings. The van der Waals surface area contributed by atoms with Crippen LogP contribution in [0.4, 0.5) is 0 Å². The van der Waals surface area contributed by atoms with Gasteiger partial charge in [0.1, 0.15) is 10.3 Å². The first-order valence-electron chi connectivity index (χ1n) is 5.28. The number of pyridine rings is 1. The average molecular weight is 336 g/mol. The van der Waals surface area contributed by atoms with Crippen LogP contribution in [0, 0.1) is 0 Å². The lowest BCUT2D eigenvalue weighted by molar-refractivity contribution is 0.0786. The largest absolute Gasteiger partial charge is 0.337 e. The average Bonchev–Trinajstić information content (AvgIpc) is 2.72. The number of hydrogen-bond donors (Lipinski definition) is 0. The topological polar surface area (TPSA) is 33.2 Å². The summed E-state index contributed by atoms with van der Waals surface area (Å²) in [6.07, 6.45) is 0. The summed E-state index contributed by atoms with van der Waals surface area (Å²) >= 11 is 18.9. The Kier molecular flexibility index (Phi) is 4.68. The summed E-state index contributed by atoms with van der Waals surface area (Å²) < 4.78 is 0.700. The molecule has 1 amide bonds. The summed E-state index contributed by atoms with van der Waals surface area (Å²) in [4.78, 5) is 18.6. The van der Waals surface area contributed by atoms with E-state index < -0.39 is 0 Å². The highest BCUT2D eigenvalue weighted by Crippen LogP contribution is 2.23. The molecule has 0 N–H and O–H groups in total. The second-order valence-corrected chi connectivity index (χ2v) is 6.44. The maximum absolute atomic E-state index is 12.2. The molecule has 7 heteroatoms. The van der Waals surface area contributed by atoms with Gasteiger partial charge in [-0.2, -0.15) is 0 Å². The smallest absolute Gasteiger partial charge is 0.254 e. The lowest BCUT2D eigenvalue weighted by atomic mass is 10.2.